The lowest BCUT2D eigenvalue weighted by atomic mass is 9.81. The summed E-state index contributed by atoms with van der Waals surface area (Å²) in [5, 5.41) is 16.0. The van der Waals surface area contributed by atoms with Gasteiger partial charge in [0.1, 0.15) is 12.3 Å². The molecule has 46 heavy (non-hydrogen) atoms. The number of nitrogens with zero attached hydrogens (tertiary/aromatic N) is 6. The smallest absolute Gasteiger partial charge is 0.416 e. The fourth-order valence-corrected chi connectivity index (χ4v) is 6.35. The molecule has 0 saturated carbocycles. The largest absolute Gasteiger partial charge is 0.505 e. The SMILES string of the molecule is CC1OC2(CCN(C(=O)c3ncccc3O)CC2(F)F)c2c1n(CC(=O)Nc1ccc(C(F)(F)F)cc1Cl)c1nc(Br)nn1c2=O. The van der Waals surface area contributed by atoms with Gasteiger partial charge in [0.25, 0.3) is 17.4 Å². The minimum absolute atomic E-state index is 0.0989. The zero-order valence-corrected chi connectivity index (χ0v) is 25.6. The molecule has 0 radical (unpaired) electrons. The van der Waals surface area contributed by atoms with E-state index >= 15 is 8.78 Å². The second-order valence-corrected chi connectivity index (χ2v) is 11.7. The van der Waals surface area contributed by atoms with Crippen molar-refractivity contribution in [3.05, 3.63) is 79.2 Å². The van der Waals surface area contributed by atoms with Crippen molar-refractivity contribution in [2.24, 2.45) is 0 Å². The van der Waals surface area contributed by atoms with Crippen LogP contribution in [-0.2, 0) is 27.9 Å². The van der Waals surface area contributed by atoms with E-state index in [1.54, 1.807) is 0 Å². The van der Waals surface area contributed by atoms with Crippen LogP contribution in [-0.4, -0.2) is 65.0 Å². The molecule has 6 rings (SSSR count). The minimum atomic E-state index is -4.67. The number of aromatic nitrogens is 5. The molecule has 0 bridgehead atoms. The Morgan fingerprint density at radius 2 is 2.00 bits per heavy atom. The Bertz CT molecular complexity index is 1990. The first-order chi connectivity index (χ1) is 21.5. The van der Waals surface area contributed by atoms with Crippen LogP contribution in [0.1, 0.15) is 46.8 Å². The van der Waals surface area contributed by atoms with Crippen molar-refractivity contribution in [2.75, 3.05) is 18.4 Å². The number of anilines is 1. The summed E-state index contributed by atoms with van der Waals surface area (Å²) in [5.41, 5.74) is -5.76. The van der Waals surface area contributed by atoms with Gasteiger partial charge < -0.3 is 24.6 Å². The maximum absolute atomic E-state index is 16.3. The zero-order chi connectivity index (χ0) is 33.3. The molecule has 2 aliphatic heterocycles. The van der Waals surface area contributed by atoms with Crippen LogP contribution in [0.4, 0.5) is 27.6 Å². The van der Waals surface area contributed by atoms with Crippen molar-refractivity contribution in [3.63, 3.8) is 0 Å². The first kappa shape index (κ1) is 31.8. The number of aromatic hydroxyl groups is 1. The summed E-state index contributed by atoms with van der Waals surface area (Å²) in [6, 6.07) is 4.87. The highest BCUT2D eigenvalue weighted by molar-refractivity contribution is 9.10. The Labute approximate surface area is 267 Å². The number of carbonyl (C=O) groups is 2. The van der Waals surface area contributed by atoms with Gasteiger partial charge in [-0.3, -0.25) is 14.4 Å². The quantitative estimate of drug-likeness (QED) is 0.292. The van der Waals surface area contributed by atoms with Crippen molar-refractivity contribution < 1.29 is 41.4 Å². The molecule has 5 heterocycles. The maximum Gasteiger partial charge on any atom is 0.416 e. The van der Waals surface area contributed by atoms with Crippen LogP contribution < -0.4 is 10.9 Å². The summed E-state index contributed by atoms with van der Waals surface area (Å²) in [5.74, 6) is -6.37. The molecule has 2 unspecified atom stereocenters. The molecule has 19 heteroatoms. The first-order valence-corrected chi connectivity index (χ1v) is 14.6. The van der Waals surface area contributed by atoms with E-state index in [0.29, 0.717) is 6.07 Å². The van der Waals surface area contributed by atoms with Crippen LogP contribution in [0.25, 0.3) is 5.78 Å². The monoisotopic (exact) mass is 731 g/mol. The van der Waals surface area contributed by atoms with Gasteiger partial charge in [-0.2, -0.15) is 22.7 Å². The number of likely N-dealkylation sites (tertiary alicyclic amines) is 1. The summed E-state index contributed by atoms with van der Waals surface area (Å²) in [6.45, 7) is -0.773. The highest BCUT2D eigenvalue weighted by Gasteiger charge is 2.66. The number of alkyl halides is 5. The second kappa shape index (κ2) is 11.0. The number of amides is 2. The van der Waals surface area contributed by atoms with E-state index in [2.05, 4.69) is 36.3 Å². The number of hydrogen-bond acceptors (Lipinski definition) is 8. The summed E-state index contributed by atoms with van der Waals surface area (Å²) in [4.78, 5) is 48.7. The number of pyridine rings is 1. The molecule has 1 saturated heterocycles. The zero-order valence-electron chi connectivity index (χ0n) is 23.3. The van der Waals surface area contributed by atoms with Gasteiger partial charge in [0.2, 0.25) is 16.4 Å². The van der Waals surface area contributed by atoms with Crippen molar-refractivity contribution >= 4 is 50.8 Å². The van der Waals surface area contributed by atoms with Crippen LogP contribution >= 0.6 is 27.5 Å². The predicted octanol–water partition coefficient (Wildman–Crippen LogP) is 4.53. The molecule has 2 amide bonds. The molecule has 12 nitrogen and oxygen atoms in total. The van der Waals surface area contributed by atoms with Crippen molar-refractivity contribution in [3.8, 4) is 5.75 Å². The third kappa shape index (κ3) is 5.07. The van der Waals surface area contributed by atoms with E-state index in [4.69, 9.17) is 16.3 Å². The predicted molar refractivity (Wildman–Crippen MR) is 153 cm³/mol. The van der Waals surface area contributed by atoms with Gasteiger partial charge in [0, 0.05) is 19.2 Å². The molecule has 242 valence electrons. The first-order valence-electron chi connectivity index (χ1n) is 13.4. The van der Waals surface area contributed by atoms with Gasteiger partial charge in [-0.1, -0.05) is 11.6 Å². The molecule has 3 aromatic heterocycles. The number of rotatable bonds is 4. The Hall–Kier alpha value is -4.16. The lowest BCUT2D eigenvalue weighted by Gasteiger charge is -2.44. The summed E-state index contributed by atoms with van der Waals surface area (Å²) in [6.07, 6.45) is -5.20. The van der Waals surface area contributed by atoms with E-state index in [1.165, 1.54) is 25.3 Å². The summed E-state index contributed by atoms with van der Waals surface area (Å²) >= 11 is 9.04. The van der Waals surface area contributed by atoms with E-state index in [9.17, 15) is 32.7 Å². The molecule has 4 aromatic rings. The standard InChI is InChI=1S/C27H20BrClF5N7O5/c1-12-20-18(25(46-12)6-8-39(11-26(25,30)31)22(45)19-16(42)3-2-7-35-19)21(44)41-24(37-23(28)38-41)40(20)10-17(43)36-15-5-4-13(9-14(15)29)27(32,33)34/h2-5,7,9,12,42H,6,8,10-11H2,1H3,(H,36,43). The van der Waals surface area contributed by atoms with E-state index in [0.717, 1.165) is 26.1 Å². The van der Waals surface area contributed by atoms with Crippen molar-refractivity contribution in [1.82, 2.24) is 29.0 Å². The normalized spacial score (nSPS) is 20.7. The van der Waals surface area contributed by atoms with Crippen molar-refractivity contribution in [2.45, 2.75) is 43.7 Å². The second-order valence-electron chi connectivity index (χ2n) is 10.6. The maximum atomic E-state index is 16.3. The van der Waals surface area contributed by atoms with Gasteiger partial charge in [0.15, 0.2) is 11.3 Å². The number of hydrogen-bond donors (Lipinski definition) is 2. The Kier molecular flexibility index (Phi) is 7.59. The van der Waals surface area contributed by atoms with Crippen LogP contribution in [0.3, 0.4) is 0 Å². The van der Waals surface area contributed by atoms with E-state index < -0.39 is 88.3 Å². The molecule has 1 fully saturated rings. The van der Waals surface area contributed by atoms with Crippen LogP contribution in [0, 0.1) is 0 Å². The molecule has 2 atom stereocenters. The Morgan fingerprint density at radius 3 is 2.65 bits per heavy atom. The fourth-order valence-electron chi connectivity index (χ4n) is 5.81. The number of benzene rings is 1. The number of fused-ring (bicyclic) bond motifs is 3. The molecule has 1 aromatic carbocycles. The average molecular weight is 733 g/mol. The molecular formula is C27H20BrClF5N7O5. The highest BCUT2D eigenvalue weighted by Crippen LogP contribution is 2.54. The van der Waals surface area contributed by atoms with Crippen LogP contribution in [0.2, 0.25) is 5.02 Å². The molecule has 0 aliphatic carbocycles. The molecular weight excluding hydrogens is 713 g/mol. The Morgan fingerprint density at radius 1 is 1.26 bits per heavy atom. The minimum Gasteiger partial charge on any atom is -0.505 e. The highest BCUT2D eigenvalue weighted by atomic mass is 79.9. The van der Waals surface area contributed by atoms with E-state index in [1.807, 2.05) is 0 Å². The molecule has 1 spiro atoms. The van der Waals surface area contributed by atoms with Gasteiger partial charge >= 0.3 is 6.18 Å². The van der Waals surface area contributed by atoms with Gasteiger partial charge in [-0.25, -0.2) is 13.8 Å². The van der Waals surface area contributed by atoms with Gasteiger partial charge in [0.05, 0.1) is 40.2 Å². The lowest BCUT2D eigenvalue weighted by molar-refractivity contribution is -0.246. The Balaban J connectivity index is 1.39. The summed E-state index contributed by atoms with van der Waals surface area (Å²) < 4.78 is 79.4. The third-order valence-corrected chi connectivity index (χ3v) is 8.44. The molecule has 2 N–H and O–H groups in total. The third-order valence-electron chi connectivity index (χ3n) is 7.79. The number of halogens is 7. The fraction of sp³-hybridized carbons (Fsp3) is 0.333. The summed E-state index contributed by atoms with van der Waals surface area (Å²) in [7, 11) is 0. The lowest BCUT2D eigenvalue weighted by Crippen LogP contribution is -2.60. The van der Waals surface area contributed by atoms with Crippen molar-refractivity contribution in [1.29, 1.82) is 0 Å². The topological polar surface area (TPSA) is 144 Å². The number of ether oxygens (including phenoxy) is 1. The number of nitrogens with one attached hydrogen (secondary N) is 1. The number of piperidine rings is 1. The van der Waals surface area contributed by atoms with Gasteiger partial charge in [-0.05, 0) is 53.2 Å². The number of carbonyl (C=O) groups excluding carboxylic acids is 2. The van der Waals surface area contributed by atoms with E-state index in [-0.39, 0.29) is 28.4 Å². The molecule has 2 aliphatic rings. The van der Waals surface area contributed by atoms with Crippen LogP contribution in [0.5, 0.6) is 5.75 Å². The van der Waals surface area contributed by atoms with Crippen LogP contribution in [0.15, 0.2) is 46.1 Å². The van der Waals surface area contributed by atoms with Gasteiger partial charge in [-0.15, -0.1) is 5.10 Å². The average Bonchev–Trinajstić information content (AvgIpc) is 3.51.